The van der Waals surface area contributed by atoms with E-state index >= 15 is 0 Å². The summed E-state index contributed by atoms with van der Waals surface area (Å²) in [5, 5.41) is 6.26. The summed E-state index contributed by atoms with van der Waals surface area (Å²) in [5.74, 6) is -0.260. The Morgan fingerprint density at radius 3 is 2.81 bits per heavy atom. The van der Waals surface area contributed by atoms with Crippen LogP contribution in [0.1, 0.15) is 21.6 Å². The number of amides is 1. The molecule has 0 fully saturated rings. The smallest absolute Gasteiger partial charge is 0.431 e. The maximum atomic E-state index is 13.1. The molecule has 0 aliphatic heterocycles. The minimum absolute atomic E-state index is 0.298. The number of hydrogen-bond acceptors (Lipinski definition) is 5. The van der Waals surface area contributed by atoms with Gasteiger partial charge in [-0.15, -0.1) is 0 Å². The van der Waals surface area contributed by atoms with E-state index in [1.807, 2.05) is 24.3 Å². The third-order valence-electron chi connectivity index (χ3n) is 4.22. The van der Waals surface area contributed by atoms with Crippen LogP contribution >= 0.6 is 27.7 Å². The molecule has 0 saturated carbocycles. The minimum Gasteiger partial charge on any atom is -0.431 e. The van der Waals surface area contributed by atoms with E-state index in [1.165, 1.54) is 24.9 Å². The Hall–Kier alpha value is -2.79. The number of halogens is 4. The van der Waals surface area contributed by atoms with Crippen molar-refractivity contribution >= 4 is 50.4 Å². The summed E-state index contributed by atoms with van der Waals surface area (Å²) < 4.78 is 46.9. The highest BCUT2D eigenvalue weighted by Crippen LogP contribution is 2.32. The number of alkyl halides is 3. The Morgan fingerprint density at radius 2 is 2.06 bits per heavy atom. The number of thioether (sulfide) groups is 1. The summed E-state index contributed by atoms with van der Waals surface area (Å²) in [6.07, 6.45) is -3.70. The molecule has 31 heavy (non-hydrogen) atoms. The van der Waals surface area contributed by atoms with Crippen molar-refractivity contribution in [2.24, 2.45) is 7.05 Å². The summed E-state index contributed by atoms with van der Waals surface area (Å²) in [7, 11) is 1.32. The molecule has 0 bridgehead atoms. The van der Waals surface area contributed by atoms with Crippen molar-refractivity contribution < 1.29 is 22.4 Å². The summed E-state index contributed by atoms with van der Waals surface area (Å²) in [5.41, 5.74) is 0.587. The van der Waals surface area contributed by atoms with Gasteiger partial charge in [0.2, 0.25) is 0 Å². The summed E-state index contributed by atoms with van der Waals surface area (Å²) in [6.45, 7) is 0. The lowest BCUT2D eigenvalue weighted by molar-refractivity contribution is -0.141. The first-order valence-electron chi connectivity index (χ1n) is 8.89. The van der Waals surface area contributed by atoms with E-state index in [9.17, 15) is 18.0 Å². The van der Waals surface area contributed by atoms with E-state index in [0.29, 0.717) is 27.8 Å². The molecule has 2 aromatic heterocycles. The normalized spacial score (nSPS) is 11.8. The zero-order valence-corrected chi connectivity index (χ0v) is 18.3. The van der Waals surface area contributed by atoms with Crippen LogP contribution in [-0.4, -0.2) is 20.7 Å². The Labute approximate surface area is 187 Å². The Kier molecular flexibility index (Phi) is 5.80. The van der Waals surface area contributed by atoms with Gasteiger partial charge in [0.05, 0.1) is 5.56 Å². The number of rotatable bonds is 5. The van der Waals surface area contributed by atoms with Crippen molar-refractivity contribution in [3.05, 3.63) is 70.0 Å². The van der Waals surface area contributed by atoms with E-state index < -0.39 is 23.3 Å². The predicted molar refractivity (Wildman–Crippen MR) is 114 cm³/mol. The number of nitrogens with one attached hydrogen (secondary N) is 1. The van der Waals surface area contributed by atoms with Gasteiger partial charge in [-0.1, -0.05) is 39.8 Å². The molecule has 2 aromatic carbocycles. The van der Waals surface area contributed by atoms with Crippen LogP contribution in [0.2, 0.25) is 0 Å². The van der Waals surface area contributed by atoms with Gasteiger partial charge in [-0.2, -0.15) is 18.3 Å². The molecule has 11 heteroatoms. The minimum atomic E-state index is -4.73. The van der Waals surface area contributed by atoms with Crippen molar-refractivity contribution in [2.75, 3.05) is 5.32 Å². The second-order valence-electron chi connectivity index (χ2n) is 6.60. The van der Waals surface area contributed by atoms with E-state index in [4.69, 9.17) is 4.42 Å². The lowest BCUT2D eigenvalue weighted by atomic mass is 10.2. The molecule has 0 radical (unpaired) electrons. The van der Waals surface area contributed by atoms with Gasteiger partial charge < -0.3 is 9.73 Å². The quantitative estimate of drug-likeness (QED) is 0.339. The molecular weight excluding hydrogens is 497 g/mol. The van der Waals surface area contributed by atoms with Gasteiger partial charge in [0.25, 0.3) is 11.1 Å². The van der Waals surface area contributed by atoms with Crippen molar-refractivity contribution in [2.45, 2.75) is 17.2 Å². The fourth-order valence-corrected chi connectivity index (χ4v) is 4.11. The van der Waals surface area contributed by atoms with E-state index in [2.05, 4.69) is 31.3 Å². The number of anilines is 1. The maximum Gasteiger partial charge on any atom is 0.435 e. The number of fused-ring (bicyclic) bond motifs is 1. The topological polar surface area (TPSA) is 73.0 Å². The Bertz CT molecular complexity index is 1270. The lowest BCUT2D eigenvalue weighted by Gasteiger charge is -2.07. The van der Waals surface area contributed by atoms with Crippen molar-refractivity contribution in [1.29, 1.82) is 0 Å². The number of carbonyl (C=O) groups is 1. The standard InChI is InChI=1S/C20H14BrF3N4O2S/c1-28-9-14(17(27-28)20(22,23)24)18(29)25-13-5-6-16-15(8-13)26-19(30-16)31-10-11-3-2-4-12(21)7-11/h2-9H,10H2,1H3,(H,25,29). The summed E-state index contributed by atoms with van der Waals surface area (Å²) >= 11 is 4.84. The molecule has 0 unspecified atom stereocenters. The average molecular weight is 511 g/mol. The van der Waals surface area contributed by atoms with Crippen LogP contribution in [0.25, 0.3) is 11.1 Å². The largest absolute Gasteiger partial charge is 0.435 e. The SMILES string of the molecule is Cn1cc(C(=O)Nc2ccc3oc(SCc4cccc(Br)c4)nc3c2)c(C(F)(F)F)n1. The van der Waals surface area contributed by atoms with Gasteiger partial charge in [0.1, 0.15) is 5.52 Å². The average Bonchev–Trinajstić information content (AvgIpc) is 3.29. The van der Waals surface area contributed by atoms with Crippen LogP contribution in [0.15, 0.2) is 62.8 Å². The van der Waals surface area contributed by atoms with Gasteiger partial charge in [-0.25, -0.2) is 4.98 Å². The van der Waals surface area contributed by atoms with E-state index in [-0.39, 0.29) is 0 Å². The first kappa shape index (κ1) is 21.4. The van der Waals surface area contributed by atoms with Crippen LogP contribution < -0.4 is 5.32 Å². The number of hydrogen-bond donors (Lipinski definition) is 1. The molecule has 0 aliphatic carbocycles. The van der Waals surface area contributed by atoms with Crippen LogP contribution in [0, 0.1) is 0 Å². The van der Waals surface area contributed by atoms with E-state index in [1.54, 1.807) is 12.1 Å². The summed E-state index contributed by atoms with van der Waals surface area (Å²) in [6, 6.07) is 12.6. The fraction of sp³-hybridized carbons (Fsp3) is 0.150. The number of benzene rings is 2. The number of oxazole rings is 1. The molecule has 0 atom stereocenters. The molecular formula is C20H14BrF3N4O2S. The Morgan fingerprint density at radius 1 is 1.26 bits per heavy atom. The van der Waals surface area contributed by atoms with E-state index in [0.717, 1.165) is 20.9 Å². The Balaban J connectivity index is 1.50. The summed E-state index contributed by atoms with van der Waals surface area (Å²) in [4.78, 5) is 16.8. The molecule has 4 aromatic rings. The highest BCUT2D eigenvalue weighted by atomic mass is 79.9. The molecule has 0 saturated heterocycles. The molecule has 1 amide bonds. The number of nitrogens with zero attached hydrogens (tertiary/aromatic N) is 3. The zero-order chi connectivity index (χ0) is 22.2. The van der Waals surface area contributed by atoms with Crippen LogP contribution in [-0.2, 0) is 19.0 Å². The first-order chi connectivity index (χ1) is 14.7. The van der Waals surface area contributed by atoms with Crippen LogP contribution in [0.3, 0.4) is 0 Å². The van der Waals surface area contributed by atoms with Crippen molar-refractivity contribution in [1.82, 2.24) is 14.8 Å². The van der Waals surface area contributed by atoms with Gasteiger partial charge in [-0.05, 0) is 35.9 Å². The molecule has 2 heterocycles. The third-order valence-corrected chi connectivity index (χ3v) is 5.61. The zero-order valence-electron chi connectivity index (χ0n) is 15.9. The third kappa shape index (κ3) is 4.93. The van der Waals surface area contributed by atoms with Gasteiger partial charge in [0, 0.05) is 29.2 Å². The second kappa shape index (κ2) is 8.39. The lowest BCUT2D eigenvalue weighted by Crippen LogP contribution is -2.17. The highest BCUT2D eigenvalue weighted by Gasteiger charge is 2.39. The van der Waals surface area contributed by atoms with Gasteiger partial charge >= 0.3 is 6.18 Å². The highest BCUT2D eigenvalue weighted by molar-refractivity contribution is 9.10. The van der Waals surface area contributed by atoms with Gasteiger partial charge in [-0.3, -0.25) is 9.48 Å². The first-order valence-corrected chi connectivity index (χ1v) is 10.7. The van der Waals surface area contributed by atoms with Crippen molar-refractivity contribution in [3.8, 4) is 0 Å². The number of aromatic nitrogens is 3. The van der Waals surface area contributed by atoms with Crippen LogP contribution in [0.5, 0.6) is 0 Å². The number of aryl methyl sites for hydroxylation is 1. The molecule has 1 N–H and O–H groups in total. The van der Waals surface area contributed by atoms with Crippen molar-refractivity contribution in [3.63, 3.8) is 0 Å². The molecule has 0 spiro atoms. The fourth-order valence-electron chi connectivity index (χ4n) is 2.88. The van der Waals surface area contributed by atoms with Crippen LogP contribution in [0.4, 0.5) is 18.9 Å². The molecule has 0 aliphatic rings. The molecule has 6 nitrogen and oxygen atoms in total. The second-order valence-corrected chi connectivity index (χ2v) is 8.44. The number of carbonyl (C=O) groups excluding carboxylic acids is 1. The van der Waals surface area contributed by atoms with Gasteiger partial charge in [0.15, 0.2) is 11.3 Å². The predicted octanol–water partition coefficient (Wildman–Crippen LogP) is 5.89. The monoisotopic (exact) mass is 510 g/mol. The maximum absolute atomic E-state index is 13.1. The molecule has 160 valence electrons. The molecule has 4 rings (SSSR count).